The van der Waals surface area contributed by atoms with Gasteiger partial charge in [0.2, 0.25) is 0 Å². The van der Waals surface area contributed by atoms with Gasteiger partial charge in [-0.25, -0.2) is 0 Å². The Morgan fingerprint density at radius 2 is 1.83 bits per heavy atom. The van der Waals surface area contributed by atoms with Gasteiger partial charge in [-0.1, -0.05) is 23.7 Å². The molecule has 0 spiro atoms. The van der Waals surface area contributed by atoms with E-state index in [0.717, 1.165) is 13.1 Å². The van der Waals surface area contributed by atoms with Gasteiger partial charge in [0.15, 0.2) is 0 Å². The Morgan fingerprint density at radius 1 is 1.09 bits per heavy atom. The molecule has 0 unspecified atom stereocenters. The van der Waals surface area contributed by atoms with E-state index >= 15 is 0 Å². The number of piperazine rings is 1. The summed E-state index contributed by atoms with van der Waals surface area (Å²) in [6, 6.07) is 12.9. The van der Waals surface area contributed by atoms with E-state index < -0.39 is 0 Å². The van der Waals surface area contributed by atoms with Gasteiger partial charge in [-0.3, -0.25) is 4.79 Å². The van der Waals surface area contributed by atoms with Gasteiger partial charge in [0, 0.05) is 36.9 Å². The minimum Gasteiger partial charge on any atom is -0.507 e. The summed E-state index contributed by atoms with van der Waals surface area (Å²) in [7, 11) is 0. The molecule has 3 rings (SSSR count). The Hall–Kier alpha value is -2.20. The number of rotatable bonds is 2. The lowest BCUT2D eigenvalue weighted by molar-refractivity contribution is 0.0743. The van der Waals surface area contributed by atoms with E-state index in [1.807, 2.05) is 6.07 Å². The minimum atomic E-state index is -0.172. The topological polar surface area (TPSA) is 43.8 Å². The van der Waals surface area contributed by atoms with E-state index in [0.29, 0.717) is 18.1 Å². The molecule has 1 aliphatic rings. The average molecular weight is 331 g/mol. The summed E-state index contributed by atoms with van der Waals surface area (Å²) >= 11 is 5.93. The Labute approximate surface area is 140 Å². The molecule has 23 heavy (non-hydrogen) atoms. The number of carbonyl (C=O) groups excluding carboxylic acids is 1. The highest BCUT2D eigenvalue weighted by Crippen LogP contribution is 2.24. The first-order chi connectivity index (χ1) is 11.0. The van der Waals surface area contributed by atoms with Crippen LogP contribution in [0.15, 0.2) is 42.5 Å². The van der Waals surface area contributed by atoms with Crippen molar-refractivity contribution in [2.45, 2.75) is 6.92 Å². The van der Waals surface area contributed by atoms with Gasteiger partial charge in [-0.2, -0.15) is 0 Å². The number of hydrogen-bond acceptors (Lipinski definition) is 3. The molecule has 1 fully saturated rings. The number of aryl methyl sites for hydroxylation is 1. The summed E-state index contributed by atoms with van der Waals surface area (Å²) < 4.78 is 0. The van der Waals surface area contributed by atoms with Gasteiger partial charge in [-0.05, 0) is 42.8 Å². The maximum atomic E-state index is 12.6. The first-order valence-corrected chi connectivity index (χ1v) is 8.02. The quantitative estimate of drug-likeness (QED) is 0.918. The summed E-state index contributed by atoms with van der Waals surface area (Å²) in [6.07, 6.45) is 0. The van der Waals surface area contributed by atoms with Crippen molar-refractivity contribution < 1.29 is 9.90 Å². The number of amides is 1. The van der Waals surface area contributed by atoms with Crippen LogP contribution in [0, 0.1) is 6.92 Å². The van der Waals surface area contributed by atoms with Crippen LogP contribution in [0.5, 0.6) is 5.75 Å². The van der Waals surface area contributed by atoms with Gasteiger partial charge in [-0.15, -0.1) is 0 Å². The maximum Gasteiger partial charge on any atom is 0.257 e. The molecular formula is C18H19ClN2O2. The van der Waals surface area contributed by atoms with E-state index in [-0.39, 0.29) is 17.2 Å². The average Bonchev–Trinajstić information content (AvgIpc) is 2.56. The highest BCUT2D eigenvalue weighted by molar-refractivity contribution is 6.31. The molecule has 0 bridgehead atoms. The van der Waals surface area contributed by atoms with Crippen molar-refractivity contribution in [1.29, 1.82) is 0 Å². The largest absolute Gasteiger partial charge is 0.507 e. The third-order valence-corrected chi connectivity index (χ3v) is 4.36. The molecule has 5 heteroatoms. The van der Waals surface area contributed by atoms with Gasteiger partial charge in [0.1, 0.15) is 5.75 Å². The predicted molar refractivity (Wildman–Crippen MR) is 92.4 cm³/mol. The second-order valence-electron chi connectivity index (χ2n) is 5.78. The highest BCUT2D eigenvalue weighted by atomic mass is 35.5. The molecule has 0 atom stereocenters. The second-order valence-corrected chi connectivity index (χ2v) is 6.22. The number of phenols is 1. The minimum absolute atomic E-state index is 0.0273. The van der Waals surface area contributed by atoms with Crippen LogP contribution in [-0.2, 0) is 0 Å². The van der Waals surface area contributed by atoms with Gasteiger partial charge >= 0.3 is 0 Å². The summed E-state index contributed by atoms with van der Waals surface area (Å²) in [5, 5.41) is 10.3. The zero-order valence-corrected chi connectivity index (χ0v) is 13.8. The zero-order chi connectivity index (χ0) is 16.4. The number of phenolic OH excluding ortho intramolecular Hbond substituents is 1. The lowest BCUT2D eigenvalue weighted by atomic mass is 10.1. The van der Waals surface area contributed by atoms with Crippen LogP contribution in [-0.4, -0.2) is 42.1 Å². The number of nitrogens with zero attached hydrogens (tertiary/aromatic N) is 2. The summed E-state index contributed by atoms with van der Waals surface area (Å²) in [6.45, 7) is 4.87. The Balaban J connectivity index is 1.69. The molecule has 1 heterocycles. The first kappa shape index (κ1) is 15.7. The fraction of sp³-hybridized carbons (Fsp3) is 0.278. The molecule has 120 valence electrons. The number of carbonyl (C=O) groups is 1. The smallest absolute Gasteiger partial charge is 0.257 e. The number of anilines is 1. The van der Waals surface area contributed by atoms with Crippen molar-refractivity contribution in [2.75, 3.05) is 31.1 Å². The normalized spacial score (nSPS) is 14.9. The maximum absolute atomic E-state index is 12.6. The van der Waals surface area contributed by atoms with Crippen molar-refractivity contribution in [3.05, 3.63) is 58.6 Å². The molecule has 1 saturated heterocycles. The molecular weight excluding hydrogens is 312 g/mol. The lowest BCUT2D eigenvalue weighted by Crippen LogP contribution is -2.48. The molecule has 2 aromatic rings. The zero-order valence-electron chi connectivity index (χ0n) is 13.0. The van der Waals surface area contributed by atoms with Crippen LogP contribution in [0.4, 0.5) is 5.69 Å². The van der Waals surface area contributed by atoms with E-state index in [2.05, 4.69) is 30.0 Å². The van der Waals surface area contributed by atoms with Crippen LogP contribution in [0.3, 0.4) is 0 Å². The molecule has 1 amide bonds. The molecule has 0 aliphatic carbocycles. The highest BCUT2D eigenvalue weighted by Gasteiger charge is 2.24. The van der Waals surface area contributed by atoms with E-state index in [1.54, 1.807) is 11.0 Å². The summed E-state index contributed by atoms with van der Waals surface area (Å²) in [5.74, 6) is -0.200. The van der Waals surface area contributed by atoms with Crippen molar-refractivity contribution >= 4 is 23.2 Å². The molecule has 1 N–H and O–H groups in total. The van der Waals surface area contributed by atoms with Gasteiger partial charge in [0.05, 0.1) is 5.56 Å². The van der Waals surface area contributed by atoms with Gasteiger partial charge < -0.3 is 14.9 Å². The first-order valence-electron chi connectivity index (χ1n) is 7.64. The van der Waals surface area contributed by atoms with Crippen molar-refractivity contribution in [3.63, 3.8) is 0 Å². The second kappa shape index (κ2) is 6.50. The van der Waals surface area contributed by atoms with Crippen LogP contribution in [0.2, 0.25) is 5.02 Å². The molecule has 1 aliphatic heterocycles. The van der Waals surface area contributed by atoms with E-state index in [9.17, 15) is 9.90 Å². The molecule has 0 aromatic heterocycles. The van der Waals surface area contributed by atoms with Crippen LogP contribution >= 0.6 is 11.6 Å². The van der Waals surface area contributed by atoms with Crippen LogP contribution in [0.1, 0.15) is 15.9 Å². The Bertz CT molecular complexity index is 725. The number of aromatic hydroxyl groups is 1. The fourth-order valence-electron chi connectivity index (χ4n) is 2.84. The van der Waals surface area contributed by atoms with Crippen LogP contribution < -0.4 is 4.90 Å². The van der Waals surface area contributed by atoms with Crippen molar-refractivity contribution in [1.82, 2.24) is 4.90 Å². The van der Waals surface area contributed by atoms with Crippen molar-refractivity contribution in [2.24, 2.45) is 0 Å². The molecule has 4 nitrogen and oxygen atoms in total. The van der Waals surface area contributed by atoms with Crippen LogP contribution in [0.25, 0.3) is 0 Å². The summed E-state index contributed by atoms with van der Waals surface area (Å²) in [4.78, 5) is 16.6. The SMILES string of the molecule is Cc1cccc(N2CCN(C(=O)c3cc(Cl)ccc3O)CC2)c1. The standard InChI is InChI=1S/C18H19ClN2O2/c1-13-3-2-4-15(11-13)20-7-9-21(10-8-20)18(23)16-12-14(19)5-6-17(16)22/h2-6,11-12,22H,7-10H2,1H3. The van der Waals surface area contributed by atoms with Gasteiger partial charge in [0.25, 0.3) is 5.91 Å². The van der Waals surface area contributed by atoms with E-state index in [4.69, 9.17) is 11.6 Å². The summed E-state index contributed by atoms with van der Waals surface area (Å²) in [5.41, 5.74) is 2.68. The molecule has 0 saturated carbocycles. The van der Waals surface area contributed by atoms with Crippen molar-refractivity contribution in [3.8, 4) is 5.75 Å². The lowest BCUT2D eigenvalue weighted by Gasteiger charge is -2.36. The number of hydrogen-bond donors (Lipinski definition) is 1. The predicted octanol–water partition coefficient (Wildman–Crippen LogP) is 3.32. The molecule has 0 radical (unpaired) electrons. The third-order valence-electron chi connectivity index (χ3n) is 4.12. The Kier molecular flexibility index (Phi) is 4.44. The van der Waals surface area contributed by atoms with E-state index in [1.165, 1.54) is 23.4 Å². The number of benzene rings is 2. The third kappa shape index (κ3) is 3.42. The monoisotopic (exact) mass is 330 g/mol. The fourth-order valence-corrected chi connectivity index (χ4v) is 3.01. The Morgan fingerprint density at radius 3 is 2.52 bits per heavy atom. The number of halogens is 1. The molecule has 2 aromatic carbocycles.